The highest BCUT2D eigenvalue weighted by Crippen LogP contribution is 2.41. The third kappa shape index (κ3) is 7.98. The number of carbonyl (C=O) groups is 2. The zero-order chi connectivity index (χ0) is 27.1. The minimum atomic E-state index is -0.575. The molecular weight excluding hydrogens is 485 g/mol. The Balaban J connectivity index is 1.42. The molecule has 0 saturated carbocycles. The Morgan fingerprint density at radius 1 is 1.13 bits per heavy atom. The van der Waals surface area contributed by atoms with Crippen molar-refractivity contribution in [3.05, 3.63) is 76.6 Å². The zero-order valence-electron chi connectivity index (χ0n) is 22.5. The Morgan fingerprint density at radius 2 is 1.92 bits per heavy atom. The minimum absolute atomic E-state index is 0.0468. The second-order valence-electron chi connectivity index (χ2n) is 11.1. The van der Waals surface area contributed by atoms with Crippen LogP contribution < -0.4 is 5.48 Å². The molecule has 1 N–H and O–H groups in total. The number of amides is 1. The molecule has 1 aliphatic heterocycles. The summed E-state index contributed by atoms with van der Waals surface area (Å²) in [7, 11) is 0. The van der Waals surface area contributed by atoms with Crippen molar-refractivity contribution in [2.24, 2.45) is 5.92 Å². The van der Waals surface area contributed by atoms with E-state index in [1.807, 2.05) is 26.8 Å². The number of esters is 1. The Morgan fingerprint density at radius 3 is 2.63 bits per heavy atom. The van der Waals surface area contributed by atoms with Gasteiger partial charge in [0.1, 0.15) is 11.4 Å². The number of rotatable bonds is 9. The van der Waals surface area contributed by atoms with Gasteiger partial charge >= 0.3 is 5.97 Å². The maximum absolute atomic E-state index is 13.3. The van der Waals surface area contributed by atoms with Gasteiger partial charge in [0.15, 0.2) is 6.29 Å². The van der Waals surface area contributed by atoms with E-state index in [1.165, 1.54) is 23.8 Å². The van der Waals surface area contributed by atoms with Gasteiger partial charge in [0.05, 0.1) is 5.92 Å². The summed E-state index contributed by atoms with van der Waals surface area (Å²) in [5.74, 6) is -1.06. The van der Waals surface area contributed by atoms with Gasteiger partial charge in [-0.2, -0.15) is 0 Å². The predicted molar refractivity (Wildman–Crippen MR) is 143 cm³/mol. The molecule has 1 aliphatic carbocycles. The van der Waals surface area contributed by atoms with E-state index in [1.54, 1.807) is 18.2 Å². The highest BCUT2D eigenvalue weighted by Gasteiger charge is 2.36. The third-order valence-electron chi connectivity index (χ3n) is 7.00. The maximum Gasteiger partial charge on any atom is 0.310 e. The summed E-state index contributed by atoms with van der Waals surface area (Å²) in [6.07, 6.45) is 8.61. The molecule has 4 rings (SSSR count). The van der Waals surface area contributed by atoms with Gasteiger partial charge in [-0.25, -0.2) is 14.7 Å². The van der Waals surface area contributed by atoms with Crippen molar-refractivity contribution in [1.82, 2.24) is 5.48 Å². The molecule has 0 bridgehead atoms. The summed E-state index contributed by atoms with van der Waals surface area (Å²) in [4.78, 5) is 30.8. The number of aryl methyl sites for hydroxylation is 2. The van der Waals surface area contributed by atoms with Crippen LogP contribution in [-0.2, 0) is 36.7 Å². The molecule has 7 heteroatoms. The molecule has 38 heavy (non-hydrogen) atoms. The van der Waals surface area contributed by atoms with Crippen LogP contribution in [0.5, 0.6) is 0 Å². The van der Waals surface area contributed by atoms with Gasteiger partial charge in [-0.15, -0.1) is 0 Å². The second-order valence-corrected chi connectivity index (χ2v) is 11.1. The number of halogens is 1. The molecule has 0 aromatic heterocycles. The SMILES string of the molecule is CC(C)(C)OC(=O)C(CCc1ccc(F)cc1)C1CCc2cc(/C=C/C(=O)NOC3CCCCO3)ccc21. The molecule has 0 spiro atoms. The standard InChI is InChI=1S/C31H38FNO5/c1-31(2,3)37-30(35)27(16-9-21-7-13-24(32)14-8-21)26-17-12-23-20-22(10-15-25(23)26)11-18-28(34)33-38-29-6-4-5-19-36-29/h7-8,10-11,13-15,18,20,26-27,29H,4-6,9,12,16-17,19H2,1-3H3,(H,33,34)/b18-11+. The second kappa shape index (κ2) is 12.7. The van der Waals surface area contributed by atoms with E-state index < -0.39 is 5.60 Å². The number of hydrogen-bond acceptors (Lipinski definition) is 5. The van der Waals surface area contributed by atoms with Crippen LogP contribution in [-0.4, -0.2) is 30.4 Å². The first-order chi connectivity index (χ1) is 18.2. The third-order valence-corrected chi connectivity index (χ3v) is 7.00. The lowest BCUT2D eigenvalue weighted by molar-refractivity contribution is -0.198. The number of carbonyl (C=O) groups excluding carboxylic acids is 2. The molecule has 2 aromatic carbocycles. The van der Waals surface area contributed by atoms with Gasteiger partial charge in [0.25, 0.3) is 5.91 Å². The Kier molecular flexibility index (Phi) is 9.34. The van der Waals surface area contributed by atoms with Gasteiger partial charge in [0.2, 0.25) is 0 Å². The molecular formula is C31H38FNO5. The molecule has 3 unspecified atom stereocenters. The molecule has 204 valence electrons. The highest BCUT2D eigenvalue weighted by molar-refractivity contribution is 5.91. The van der Waals surface area contributed by atoms with Gasteiger partial charge in [-0.1, -0.05) is 30.3 Å². The molecule has 1 fully saturated rings. The fourth-order valence-corrected chi connectivity index (χ4v) is 5.16. The van der Waals surface area contributed by atoms with Gasteiger partial charge < -0.3 is 9.47 Å². The number of hydroxylamine groups is 1. The van der Waals surface area contributed by atoms with Crippen molar-refractivity contribution in [2.75, 3.05) is 6.61 Å². The highest BCUT2D eigenvalue weighted by atomic mass is 19.1. The lowest BCUT2D eigenvalue weighted by Gasteiger charge is -2.28. The molecule has 0 radical (unpaired) electrons. The summed E-state index contributed by atoms with van der Waals surface area (Å²) in [6.45, 7) is 6.29. The minimum Gasteiger partial charge on any atom is -0.460 e. The van der Waals surface area contributed by atoms with Crippen LogP contribution in [0.3, 0.4) is 0 Å². The van der Waals surface area contributed by atoms with Gasteiger partial charge in [0, 0.05) is 19.1 Å². The molecule has 2 aliphatic rings. The molecule has 1 heterocycles. The summed E-state index contributed by atoms with van der Waals surface area (Å²) in [5.41, 5.74) is 6.10. The van der Waals surface area contributed by atoms with Crippen LogP contribution >= 0.6 is 0 Å². The first kappa shape index (κ1) is 28.0. The first-order valence-corrected chi connectivity index (χ1v) is 13.5. The normalized spacial score (nSPS) is 20.2. The van der Waals surface area contributed by atoms with Crippen molar-refractivity contribution in [1.29, 1.82) is 0 Å². The van der Waals surface area contributed by atoms with Crippen LogP contribution in [0, 0.1) is 11.7 Å². The molecule has 3 atom stereocenters. The number of hydrogen-bond donors (Lipinski definition) is 1. The van der Waals surface area contributed by atoms with Crippen molar-refractivity contribution >= 4 is 18.0 Å². The quantitative estimate of drug-likeness (QED) is 0.247. The topological polar surface area (TPSA) is 73.9 Å². The Labute approximate surface area is 224 Å². The van der Waals surface area contributed by atoms with E-state index in [2.05, 4.69) is 17.6 Å². The first-order valence-electron chi connectivity index (χ1n) is 13.5. The largest absolute Gasteiger partial charge is 0.460 e. The van der Waals surface area contributed by atoms with Crippen LogP contribution in [0.25, 0.3) is 6.08 Å². The zero-order valence-corrected chi connectivity index (χ0v) is 22.5. The molecule has 1 amide bonds. The number of benzene rings is 2. The summed E-state index contributed by atoms with van der Waals surface area (Å²) in [5, 5.41) is 0. The number of fused-ring (bicyclic) bond motifs is 1. The number of nitrogens with one attached hydrogen (secondary N) is 1. The van der Waals surface area contributed by atoms with Gasteiger partial charge in [-0.05, 0) is 106 Å². The van der Waals surface area contributed by atoms with Crippen LogP contribution in [0.1, 0.15) is 81.0 Å². The average molecular weight is 524 g/mol. The van der Waals surface area contributed by atoms with Crippen molar-refractivity contribution in [3.63, 3.8) is 0 Å². The summed E-state index contributed by atoms with van der Waals surface area (Å²) >= 11 is 0. The fourth-order valence-electron chi connectivity index (χ4n) is 5.16. The molecule has 6 nitrogen and oxygen atoms in total. The molecule has 1 saturated heterocycles. The number of ether oxygens (including phenoxy) is 2. The fraction of sp³-hybridized carbons (Fsp3) is 0.484. The Hall–Kier alpha value is -3.03. The van der Waals surface area contributed by atoms with Crippen LogP contribution in [0.15, 0.2) is 48.5 Å². The summed E-state index contributed by atoms with van der Waals surface area (Å²) in [6, 6.07) is 12.6. The van der Waals surface area contributed by atoms with E-state index in [0.717, 1.165) is 48.8 Å². The Bertz CT molecular complexity index is 1130. The lowest BCUT2D eigenvalue weighted by Crippen LogP contribution is -2.32. The smallest absolute Gasteiger partial charge is 0.310 e. The van der Waals surface area contributed by atoms with E-state index in [-0.39, 0.29) is 35.8 Å². The van der Waals surface area contributed by atoms with E-state index in [9.17, 15) is 14.0 Å². The predicted octanol–water partition coefficient (Wildman–Crippen LogP) is 6.03. The average Bonchev–Trinajstić information content (AvgIpc) is 3.30. The monoisotopic (exact) mass is 523 g/mol. The maximum atomic E-state index is 13.3. The van der Waals surface area contributed by atoms with E-state index in [0.29, 0.717) is 19.4 Å². The van der Waals surface area contributed by atoms with Gasteiger partial charge in [-0.3, -0.25) is 9.59 Å². The van der Waals surface area contributed by atoms with Crippen molar-refractivity contribution in [3.8, 4) is 0 Å². The van der Waals surface area contributed by atoms with E-state index in [4.69, 9.17) is 14.3 Å². The van der Waals surface area contributed by atoms with Crippen molar-refractivity contribution in [2.45, 2.75) is 83.5 Å². The van der Waals surface area contributed by atoms with Crippen LogP contribution in [0.2, 0.25) is 0 Å². The summed E-state index contributed by atoms with van der Waals surface area (Å²) < 4.78 is 24.6. The lowest BCUT2D eigenvalue weighted by atomic mass is 9.83. The van der Waals surface area contributed by atoms with Crippen molar-refractivity contribution < 1.29 is 28.3 Å². The molecule has 2 aromatic rings. The van der Waals surface area contributed by atoms with E-state index >= 15 is 0 Å². The van der Waals surface area contributed by atoms with Crippen LogP contribution in [0.4, 0.5) is 4.39 Å².